The lowest BCUT2D eigenvalue weighted by Gasteiger charge is -1.99. The van der Waals surface area contributed by atoms with Crippen LogP contribution in [0.1, 0.15) is 17.4 Å². The first kappa shape index (κ1) is 14.5. The van der Waals surface area contributed by atoms with E-state index in [1.165, 1.54) is 11.3 Å². The molecule has 1 heterocycles. The number of thiophene rings is 1. The summed E-state index contributed by atoms with van der Waals surface area (Å²) in [5.74, 6) is -0.273. The summed E-state index contributed by atoms with van der Waals surface area (Å²) < 4.78 is 0. The van der Waals surface area contributed by atoms with Gasteiger partial charge in [-0.15, -0.1) is 22.9 Å². The largest absolute Gasteiger partial charge is 0.351 e. The number of hydrogen-bond acceptors (Lipinski definition) is 4. The number of hydrogen-bond donors (Lipinski definition) is 3. The Balaban J connectivity index is 2.59. The highest BCUT2D eigenvalue weighted by molar-refractivity contribution is 7.12. The number of halogens is 1. The van der Waals surface area contributed by atoms with E-state index in [1.807, 2.05) is 11.4 Å². The first-order valence-corrected chi connectivity index (χ1v) is 6.44. The van der Waals surface area contributed by atoms with E-state index in [4.69, 9.17) is 17.3 Å². The fraction of sp³-hybridized carbons (Fsp3) is 0.300. The lowest BCUT2D eigenvalue weighted by atomic mass is 10.2. The van der Waals surface area contributed by atoms with Gasteiger partial charge in [-0.25, -0.2) is 10.2 Å². The minimum atomic E-state index is -0.708. The molecule has 0 aliphatic rings. The number of carbonyl (C=O) groups is 2. The Hall–Kier alpha value is -1.60. The second-order valence-electron chi connectivity index (χ2n) is 3.40. The van der Waals surface area contributed by atoms with Gasteiger partial charge in [0.05, 0.1) is 10.6 Å². The Morgan fingerprint density at radius 3 is 2.89 bits per heavy atom. The van der Waals surface area contributed by atoms with Gasteiger partial charge in [0, 0.05) is 6.54 Å². The van der Waals surface area contributed by atoms with Gasteiger partial charge in [-0.2, -0.15) is 5.10 Å². The van der Waals surface area contributed by atoms with Crippen molar-refractivity contribution in [3.05, 3.63) is 21.9 Å². The minimum absolute atomic E-state index is 0.0555. The molecule has 0 bridgehead atoms. The number of nitrogens with one attached hydrogen (secondary N) is 2. The number of nitrogens with two attached hydrogens (primary N) is 1. The monoisotopic (exact) mass is 288 g/mol. The van der Waals surface area contributed by atoms with Crippen LogP contribution in [0.3, 0.4) is 0 Å². The van der Waals surface area contributed by atoms with Crippen molar-refractivity contribution < 1.29 is 9.59 Å². The van der Waals surface area contributed by atoms with Crippen LogP contribution in [0.2, 0.25) is 0 Å². The number of amides is 3. The number of rotatable bonds is 5. The highest BCUT2D eigenvalue weighted by atomic mass is 35.5. The average molecular weight is 289 g/mol. The smallest absolute Gasteiger partial charge is 0.332 e. The van der Waals surface area contributed by atoms with Gasteiger partial charge >= 0.3 is 6.03 Å². The Kier molecular flexibility index (Phi) is 5.60. The zero-order valence-electron chi connectivity index (χ0n) is 9.70. The van der Waals surface area contributed by atoms with E-state index in [0.717, 1.165) is 10.4 Å². The zero-order chi connectivity index (χ0) is 13.5. The molecule has 6 nitrogen and oxygen atoms in total. The van der Waals surface area contributed by atoms with Crippen LogP contribution in [0.5, 0.6) is 0 Å². The molecule has 98 valence electrons. The molecule has 18 heavy (non-hydrogen) atoms. The maximum atomic E-state index is 11.0. The van der Waals surface area contributed by atoms with Crippen LogP contribution in [0.15, 0.2) is 16.5 Å². The van der Waals surface area contributed by atoms with Crippen molar-refractivity contribution in [3.8, 4) is 0 Å². The molecule has 0 atom stereocenters. The van der Waals surface area contributed by atoms with Crippen molar-refractivity contribution >= 4 is 40.6 Å². The van der Waals surface area contributed by atoms with E-state index in [1.54, 1.807) is 6.92 Å². The molecule has 0 saturated heterocycles. The van der Waals surface area contributed by atoms with E-state index < -0.39 is 6.03 Å². The van der Waals surface area contributed by atoms with Gasteiger partial charge in [0.25, 0.3) is 0 Å². The molecule has 0 aliphatic carbocycles. The lowest BCUT2D eigenvalue weighted by molar-refractivity contribution is -0.118. The summed E-state index contributed by atoms with van der Waals surface area (Å²) in [5, 5.41) is 8.37. The van der Waals surface area contributed by atoms with Gasteiger partial charge in [-0.1, -0.05) is 0 Å². The summed E-state index contributed by atoms with van der Waals surface area (Å²) in [6, 6.07) is 1.17. The number of urea groups is 1. The maximum absolute atomic E-state index is 11.0. The summed E-state index contributed by atoms with van der Waals surface area (Å²) in [6.45, 7) is 2.17. The van der Waals surface area contributed by atoms with Crippen molar-refractivity contribution in [2.75, 3.05) is 5.88 Å². The van der Waals surface area contributed by atoms with E-state index >= 15 is 0 Å². The third-order valence-electron chi connectivity index (χ3n) is 1.96. The SMILES string of the molecule is C/C(=N/NC(N)=O)c1cc(CNC(=O)CCl)cs1. The van der Waals surface area contributed by atoms with Crippen molar-refractivity contribution in [1.82, 2.24) is 10.7 Å². The van der Waals surface area contributed by atoms with Gasteiger partial charge in [0.1, 0.15) is 5.88 Å². The normalized spacial score (nSPS) is 11.1. The van der Waals surface area contributed by atoms with Crippen LogP contribution < -0.4 is 16.5 Å². The van der Waals surface area contributed by atoms with Gasteiger partial charge in [0.2, 0.25) is 5.91 Å². The minimum Gasteiger partial charge on any atom is -0.351 e. The lowest BCUT2D eigenvalue weighted by Crippen LogP contribution is -2.25. The molecule has 4 N–H and O–H groups in total. The second kappa shape index (κ2) is 6.97. The fourth-order valence-corrected chi connectivity index (χ4v) is 2.06. The summed E-state index contributed by atoms with van der Waals surface area (Å²) in [4.78, 5) is 22.4. The molecule has 0 spiro atoms. The van der Waals surface area contributed by atoms with Crippen molar-refractivity contribution in [1.29, 1.82) is 0 Å². The van der Waals surface area contributed by atoms with Crippen LogP contribution in [0, 0.1) is 0 Å². The van der Waals surface area contributed by atoms with Crippen LogP contribution >= 0.6 is 22.9 Å². The standard InChI is InChI=1S/C10H13ClN4O2S/c1-6(14-15-10(12)17)8-2-7(5-18-8)4-13-9(16)3-11/h2,5H,3-4H2,1H3,(H,13,16)(H3,12,15,17)/b14-6-. The maximum Gasteiger partial charge on any atom is 0.332 e. The van der Waals surface area contributed by atoms with E-state index in [9.17, 15) is 9.59 Å². The summed E-state index contributed by atoms with van der Waals surface area (Å²) >= 11 is 6.83. The van der Waals surface area contributed by atoms with Crippen LogP contribution in [-0.2, 0) is 11.3 Å². The number of alkyl halides is 1. The first-order valence-electron chi connectivity index (χ1n) is 5.03. The van der Waals surface area contributed by atoms with Gasteiger partial charge in [-0.05, 0) is 23.9 Å². The van der Waals surface area contributed by atoms with E-state index in [0.29, 0.717) is 12.3 Å². The average Bonchev–Trinajstić information content (AvgIpc) is 2.81. The van der Waals surface area contributed by atoms with Crippen LogP contribution in [-0.4, -0.2) is 23.5 Å². The molecular formula is C10H13ClN4O2S. The van der Waals surface area contributed by atoms with Gasteiger partial charge < -0.3 is 11.1 Å². The molecule has 1 aromatic heterocycles. The van der Waals surface area contributed by atoms with Crippen molar-refractivity contribution in [2.45, 2.75) is 13.5 Å². The molecular weight excluding hydrogens is 276 g/mol. The second-order valence-corrected chi connectivity index (χ2v) is 4.58. The molecule has 8 heteroatoms. The molecule has 3 amide bonds. The molecule has 0 radical (unpaired) electrons. The summed E-state index contributed by atoms with van der Waals surface area (Å²) in [5.41, 5.74) is 8.66. The molecule has 0 fully saturated rings. The quantitative estimate of drug-likeness (QED) is 0.428. The number of primary amides is 1. The topological polar surface area (TPSA) is 96.6 Å². The number of nitrogens with zero attached hydrogens (tertiary/aromatic N) is 1. The third kappa shape index (κ3) is 4.72. The number of hydrazone groups is 1. The zero-order valence-corrected chi connectivity index (χ0v) is 11.3. The first-order chi connectivity index (χ1) is 8.52. The van der Waals surface area contributed by atoms with Crippen molar-refractivity contribution in [3.63, 3.8) is 0 Å². The highest BCUT2D eigenvalue weighted by Gasteiger charge is 2.05. The molecule has 0 unspecified atom stereocenters. The highest BCUT2D eigenvalue weighted by Crippen LogP contribution is 2.15. The van der Waals surface area contributed by atoms with Crippen molar-refractivity contribution in [2.24, 2.45) is 10.8 Å². The third-order valence-corrected chi connectivity index (χ3v) is 3.29. The molecule has 0 aromatic carbocycles. The predicted molar refractivity (Wildman–Crippen MR) is 71.8 cm³/mol. The Labute approximate surface area is 113 Å². The van der Waals surface area contributed by atoms with Gasteiger partial charge in [0.15, 0.2) is 0 Å². The molecule has 0 aliphatic heterocycles. The summed E-state index contributed by atoms with van der Waals surface area (Å²) in [6.07, 6.45) is 0. The Morgan fingerprint density at radius 1 is 1.56 bits per heavy atom. The molecule has 1 rings (SSSR count). The predicted octanol–water partition coefficient (Wildman–Crippen LogP) is 0.995. The Bertz CT molecular complexity index is 472. The van der Waals surface area contributed by atoms with Gasteiger partial charge in [-0.3, -0.25) is 4.79 Å². The van der Waals surface area contributed by atoms with Crippen LogP contribution in [0.25, 0.3) is 0 Å². The Morgan fingerprint density at radius 2 is 2.28 bits per heavy atom. The number of carbonyl (C=O) groups excluding carboxylic acids is 2. The molecule has 1 aromatic rings. The van der Waals surface area contributed by atoms with E-state index in [-0.39, 0.29) is 11.8 Å². The van der Waals surface area contributed by atoms with E-state index in [2.05, 4.69) is 15.8 Å². The van der Waals surface area contributed by atoms with Crippen LogP contribution in [0.4, 0.5) is 4.79 Å². The fourth-order valence-electron chi connectivity index (χ4n) is 1.10. The summed E-state index contributed by atoms with van der Waals surface area (Å²) in [7, 11) is 0. The molecule has 0 saturated carbocycles.